The normalized spacial score (nSPS) is 16.6. The monoisotopic (exact) mass is 372 g/mol. The number of aromatic nitrogens is 1. The van der Waals surface area contributed by atoms with Gasteiger partial charge in [-0.25, -0.2) is 4.99 Å². The maximum Gasteiger partial charge on any atom is 0.258 e. The molecule has 126 valence electrons. The number of aromatic hydroxyl groups is 1. The second kappa shape index (κ2) is 6.88. The fourth-order valence-corrected chi connectivity index (χ4v) is 3.13. The van der Waals surface area contributed by atoms with Crippen LogP contribution in [0, 0.1) is 15.3 Å². The van der Waals surface area contributed by atoms with Gasteiger partial charge in [-0.05, 0) is 36.5 Å². The van der Waals surface area contributed by atoms with Gasteiger partial charge in [0.15, 0.2) is 3.95 Å². The Kier molecular flexibility index (Phi) is 4.65. The van der Waals surface area contributed by atoms with Crippen molar-refractivity contribution in [2.75, 3.05) is 7.11 Å². The Bertz CT molecular complexity index is 1010. The number of hydrogen-bond acceptors (Lipinski definition) is 8. The van der Waals surface area contributed by atoms with Crippen LogP contribution in [-0.4, -0.2) is 28.4 Å². The summed E-state index contributed by atoms with van der Waals surface area (Å²) in [6.07, 6.45) is 1.52. The molecule has 3 rings (SSSR count). The van der Waals surface area contributed by atoms with Gasteiger partial charge in [0.05, 0.1) is 17.7 Å². The lowest BCUT2D eigenvalue weighted by molar-refractivity contribution is 0.415. The summed E-state index contributed by atoms with van der Waals surface area (Å²) in [5, 5.41) is 19.2. The molecule has 1 N–H and O–H groups in total. The highest BCUT2D eigenvalue weighted by Crippen LogP contribution is 2.29. The third-order valence-electron chi connectivity index (χ3n) is 3.30. The summed E-state index contributed by atoms with van der Waals surface area (Å²) in [4.78, 5) is 8.86. The number of thiazole rings is 1. The minimum atomic E-state index is 0.0142. The molecule has 1 aromatic carbocycles. The van der Waals surface area contributed by atoms with E-state index in [0.29, 0.717) is 20.3 Å². The number of nitrogens with zero attached hydrogens (tertiary/aromatic N) is 4. The van der Waals surface area contributed by atoms with Crippen LogP contribution in [0.2, 0.25) is 0 Å². The molecule has 9 heteroatoms. The van der Waals surface area contributed by atoms with E-state index < -0.39 is 0 Å². The van der Waals surface area contributed by atoms with Crippen LogP contribution in [0.1, 0.15) is 4.88 Å². The summed E-state index contributed by atoms with van der Waals surface area (Å²) < 4.78 is 12.6. The zero-order chi connectivity index (χ0) is 18.0. The first kappa shape index (κ1) is 16.9. The second-order valence-electron chi connectivity index (χ2n) is 4.89. The standard InChI is InChI=1S/C16H12N4O3S2/c1-20-15(21)12(25-16(20)24)7-13-19-11(8-17)14(23-13)18-9-3-5-10(22-2)6-4-9/h3-7,21H,1-2H3/b13-7+,18-14?. The van der Waals surface area contributed by atoms with Crippen molar-refractivity contribution in [1.82, 2.24) is 4.57 Å². The van der Waals surface area contributed by atoms with Gasteiger partial charge in [0.1, 0.15) is 11.8 Å². The van der Waals surface area contributed by atoms with Crippen LogP contribution >= 0.6 is 23.6 Å². The highest BCUT2D eigenvalue weighted by atomic mass is 32.1. The van der Waals surface area contributed by atoms with Gasteiger partial charge in [-0.1, -0.05) is 0 Å². The number of aliphatic imine (C=N–C) groups is 2. The number of nitriles is 1. The summed E-state index contributed by atoms with van der Waals surface area (Å²) in [6, 6.07) is 8.93. The van der Waals surface area contributed by atoms with E-state index in [-0.39, 0.29) is 23.4 Å². The first-order chi connectivity index (χ1) is 12.0. The van der Waals surface area contributed by atoms with E-state index in [1.165, 1.54) is 22.0 Å². The zero-order valence-corrected chi connectivity index (χ0v) is 14.9. The molecule has 1 aliphatic rings. The Labute approximate surface area is 152 Å². The molecule has 0 saturated heterocycles. The lowest BCUT2D eigenvalue weighted by atomic mass is 10.3. The first-order valence-corrected chi connectivity index (χ1v) is 8.24. The number of hydrogen-bond donors (Lipinski definition) is 1. The molecule has 0 amide bonds. The van der Waals surface area contributed by atoms with E-state index in [2.05, 4.69) is 9.98 Å². The zero-order valence-electron chi connectivity index (χ0n) is 13.3. The van der Waals surface area contributed by atoms with Gasteiger partial charge in [-0.3, -0.25) is 4.57 Å². The van der Waals surface area contributed by atoms with Crippen LogP contribution in [0.15, 0.2) is 40.1 Å². The molecular weight excluding hydrogens is 360 g/mol. The molecule has 7 nitrogen and oxygen atoms in total. The molecule has 1 aromatic heterocycles. The molecular formula is C16H12N4O3S2. The second-order valence-corrected chi connectivity index (χ2v) is 6.56. The highest BCUT2D eigenvalue weighted by molar-refractivity contribution is 7.73. The third kappa shape index (κ3) is 3.45. The molecule has 2 heterocycles. The van der Waals surface area contributed by atoms with Gasteiger partial charge in [-0.2, -0.15) is 10.3 Å². The van der Waals surface area contributed by atoms with Gasteiger partial charge >= 0.3 is 0 Å². The van der Waals surface area contributed by atoms with Crippen molar-refractivity contribution in [1.29, 1.82) is 5.26 Å². The molecule has 0 fully saturated rings. The molecule has 0 saturated carbocycles. The predicted octanol–water partition coefficient (Wildman–Crippen LogP) is 3.55. The molecule has 1 aliphatic heterocycles. The van der Waals surface area contributed by atoms with Crippen LogP contribution in [0.3, 0.4) is 0 Å². The van der Waals surface area contributed by atoms with Gasteiger partial charge in [0.2, 0.25) is 17.5 Å². The Balaban J connectivity index is 1.91. The van der Waals surface area contributed by atoms with Gasteiger partial charge in [0, 0.05) is 13.1 Å². The maximum atomic E-state index is 10.0. The molecule has 25 heavy (non-hydrogen) atoms. The van der Waals surface area contributed by atoms with E-state index in [1.54, 1.807) is 38.4 Å². The molecule has 0 aliphatic carbocycles. The fraction of sp³-hybridized carbons (Fsp3) is 0.125. The largest absolute Gasteiger partial charge is 0.497 e. The molecule has 0 spiro atoms. The van der Waals surface area contributed by atoms with Crippen molar-refractivity contribution < 1.29 is 14.6 Å². The van der Waals surface area contributed by atoms with Crippen molar-refractivity contribution in [3.8, 4) is 17.7 Å². The maximum absolute atomic E-state index is 10.0. The molecule has 0 radical (unpaired) electrons. The van der Waals surface area contributed by atoms with Crippen molar-refractivity contribution in [2.45, 2.75) is 0 Å². The lowest BCUT2D eigenvalue weighted by Gasteiger charge is -2.01. The fourth-order valence-electron chi connectivity index (χ4n) is 1.98. The predicted molar refractivity (Wildman–Crippen MR) is 98.0 cm³/mol. The topological polar surface area (TPSA) is 92.1 Å². The van der Waals surface area contributed by atoms with Crippen molar-refractivity contribution in [3.63, 3.8) is 0 Å². The highest BCUT2D eigenvalue weighted by Gasteiger charge is 2.22. The van der Waals surface area contributed by atoms with Crippen LogP contribution in [0.25, 0.3) is 6.08 Å². The molecule has 2 aromatic rings. The minimum Gasteiger partial charge on any atom is -0.497 e. The summed E-state index contributed by atoms with van der Waals surface area (Å²) >= 11 is 6.32. The summed E-state index contributed by atoms with van der Waals surface area (Å²) in [5.74, 6) is 0.973. The van der Waals surface area contributed by atoms with Crippen molar-refractivity contribution >= 4 is 46.9 Å². The molecule has 0 unspecified atom stereocenters. The van der Waals surface area contributed by atoms with E-state index >= 15 is 0 Å². The van der Waals surface area contributed by atoms with Crippen LogP contribution in [0.5, 0.6) is 11.6 Å². The Morgan fingerprint density at radius 2 is 2.16 bits per heavy atom. The summed E-state index contributed by atoms with van der Waals surface area (Å²) in [6.45, 7) is 0. The number of methoxy groups -OCH3 is 1. The van der Waals surface area contributed by atoms with Crippen LogP contribution < -0.4 is 4.74 Å². The third-order valence-corrected chi connectivity index (χ3v) is 4.79. The average molecular weight is 372 g/mol. The number of ether oxygens (including phenoxy) is 2. The quantitative estimate of drug-likeness (QED) is 0.832. The smallest absolute Gasteiger partial charge is 0.258 e. The number of rotatable bonds is 3. The Hall–Kier alpha value is -2.96. The lowest BCUT2D eigenvalue weighted by Crippen LogP contribution is -2.07. The Morgan fingerprint density at radius 3 is 2.72 bits per heavy atom. The van der Waals surface area contributed by atoms with E-state index in [1.807, 2.05) is 6.07 Å². The van der Waals surface area contributed by atoms with Gasteiger partial charge in [0.25, 0.3) is 5.90 Å². The van der Waals surface area contributed by atoms with Gasteiger partial charge in [-0.15, -0.1) is 11.3 Å². The Morgan fingerprint density at radius 1 is 1.44 bits per heavy atom. The first-order valence-electron chi connectivity index (χ1n) is 7.02. The summed E-state index contributed by atoms with van der Waals surface area (Å²) in [7, 11) is 3.24. The summed E-state index contributed by atoms with van der Waals surface area (Å²) in [5.41, 5.74) is 0.652. The SMILES string of the molecule is COc1ccc(N=C2O/C(=C/c3sc(=S)n(C)c3O)N=C2C#N)cc1. The van der Waals surface area contributed by atoms with E-state index in [9.17, 15) is 10.4 Å². The van der Waals surface area contributed by atoms with Crippen molar-refractivity contribution in [2.24, 2.45) is 17.0 Å². The van der Waals surface area contributed by atoms with Crippen LogP contribution in [0.4, 0.5) is 5.69 Å². The minimum absolute atomic E-state index is 0.0142. The number of benzene rings is 1. The molecule has 0 bridgehead atoms. The van der Waals surface area contributed by atoms with Gasteiger partial charge < -0.3 is 14.6 Å². The average Bonchev–Trinajstić information content (AvgIpc) is 3.11. The van der Waals surface area contributed by atoms with E-state index in [0.717, 1.165) is 0 Å². The van der Waals surface area contributed by atoms with Crippen LogP contribution in [-0.2, 0) is 11.8 Å². The van der Waals surface area contributed by atoms with Crippen molar-refractivity contribution in [3.05, 3.63) is 39.0 Å². The molecule has 0 atom stereocenters. The van der Waals surface area contributed by atoms with E-state index in [4.69, 9.17) is 21.7 Å².